The van der Waals surface area contributed by atoms with E-state index in [4.69, 9.17) is 14.2 Å². The average molecular weight is 365 g/mol. The van der Waals surface area contributed by atoms with Gasteiger partial charge in [-0.15, -0.1) is 0 Å². The maximum absolute atomic E-state index is 12.7. The second-order valence-electron chi connectivity index (χ2n) is 6.50. The Morgan fingerprint density at radius 2 is 1.81 bits per heavy atom. The third kappa shape index (κ3) is 4.20. The minimum atomic E-state index is -0.837. The van der Waals surface area contributed by atoms with Crippen molar-refractivity contribution in [1.82, 2.24) is 4.90 Å². The molecule has 1 aromatic rings. The van der Waals surface area contributed by atoms with Crippen LogP contribution < -0.4 is 14.2 Å². The fraction of sp³-hybridized carbons (Fsp3) is 0.579. The molecule has 2 unspecified atom stereocenters. The Labute approximate surface area is 153 Å². The van der Waals surface area contributed by atoms with Crippen LogP contribution in [-0.2, 0) is 16.0 Å². The third-order valence-electron chi connectivity index (χ3n) is 4.95. The molecule has 1 aliphatic heterocycles. The Morgan fingerprint density at radius 3 is 2.38 bits per heavy atom. The van der Waals surface area contributed by atoms with Crippen molar-refractivity contribution in [3.05, 3.63) is 17.7 Å². The van der Waals surface area contributed by atoms with Crippen LogP contribution in [0.3, 0.4) is 0 Å². The molecule has 7 heteroatoms. The molecular formula is C19H27NO6. The van der Waals surface area contributed by atoms with Crippen LogP contribution in [0.15, 0.2) is 12.1 Å². The number of rotatable bonds is 7. The van der Waals surface area contributed by atoms with E-state index in [1.54, 1.807) is 25.2 Å². The fourth-order valence-corrected chi connectivity index (χ4v) is 3.40. The molecule has 7 nitrogen and oxygen atoms in total. The van der Waals surface area contributed by atoms with E-state index in [2.05, 4.69) is 0 Å². The van der Waals surface area contributed by atoms with Gasteiger partial charge in [-0.1, -0.05) is 6.07 Å². The number of carbonyl (C=O) groups is 2. The van der Waals surface area contributed by atoms with Crippen molar-refractivity contribution >= 4 is 11.9 Å². The molecule has 1 heterocycles. The molecule has 0 radical (unpaired) electrons. The number of piperidine rings is 1. The number of nitrogens with zero attached hydrogens (tertiary/aromatic N) is 1. The van der Waals surface area contributed by atoms with Gasteiger partial charge in [0, 0.05) is 19.0 Å². The summed E-state index contributed by atoms with van der Waals surface area (Å²) in [7, 11) is 4.64. The summed E-state index contributed by atoms with van der Waals surface area (Å²) in [5.41, 5.74) is 0.845. The number of hydrogen-bond donors (Lipinski definition) is 1. The lowest BCUT2D eigenvalue weighted by atomic mass is 9.93. The van der Waals surface area contributed by atoms with Crippen molar-refractivity contribution in [3.8, 4) is 17.2 Å². The van der Waals surface area contributed by atoms with Crippen LogP contribution in [0.4, 0.5) is 0 Å². The molecule has 1 amide bonds. The van der Waals surface area contributed by atoms with Crippen LogP contribution >= 0.6 is 0 Å². The second kappa shape index (κ2) is 8.78. The highest BCUT2D eigenvalue weighted by Gasteiger charge is 2.32. The van der Waals surface area contributed by atoms with Crippen molar-refractivity contribution < 1.29 is 28.9 Å². The van der Waals surface area contributed by atoms with Crippen molar-refractivity contribution in [2.75, 3.05) is 27.9 Å². The SMILES string of the molecule is COc1ccc(CCC(=O)N2CC(C(=O)O)CCC2C)c(OC)c1OC. The molecule has 0 saturated carbocycles. The Morgan fingerprint density at radius 1 is 1.12 bits per heavy atom. The van der Waals surface area contributed by atoms with Gasteiger partial charge in [0.2, 0.25) is 11.7 Å². The molecular weight excluding hydrogens is 338 g/mol. The van der Waals surface area contributed by atoms with E-state index in [1.807, 2.05) is 13.0 Å². The third-order valence-corrected chi connectivity index (χ3v) is 4.95. The maximum Gasteiger partial charge on any atom is 0.308 e. The molecule has 0 aromatic heterocycles. The number of amides is 1. The summed E-state index contributed by atoms with van der Waals surface area (Å²) in [6.07, 6.45) is 2.08. The van der Waals surface area contributed by atoms with Crippen LogP contribution in [0.5, 0.6) is 17.2 Å². The first-order chi connectivity index (χ1) is 12.4. The number of benzene rings is 1. The summed E-state index contributed by atoms with van der Waals surface area (Å²) in [4.78, 5) is 25.6. The summed E-state index contributed by atoms with van der Waals surface area (Å²) < 4.78 is 16.1. The lowest BCUT2D eigenvalue weighted by Gasteiger charge is -2.36. The Kier molecular flexibility index (Phi) is 6.71. The van der Waals surface area contributed by atoms with Crippen LogP contribution in [0.25, 0.3) is 0 Å². The average Bonchev–Trinajstić information content (AvgIpc) is 2.65. The first kappa shape index (κ1) is 19.9. The molecule has 1 N–H and O–H groups in total. The quantitative estimate of drug-likeness (QED) is 0.798. The molecule has 0 spiro atoms. The number of methoxy groups -OCH3 is 3. The highest BCUT2D eigenvalue weighted by atomic mass is 16.5. The van der Waals surface area contributed by atoms with Crippen LogP contribution in [0, 0.1) is 5.92 Å². The number of carbonyl (C=O) groups excluding carboxylic acids is 1. The van der Waals surface area contributed by atoms with Gasteiger partial charge < -0.3 is 24.2 Å². The highest BCUT2D eigenvalue weighted by molar-refractivity contribution is 5.78. The van der Waals surface area contributed by atoms with Gasteiger partial charge in [-0.25, -0.2) is 0 Å². The molecule has 1 aliphatic rings. The van der Waals surface area contributed by atoms with Gasteiger partial charge in [-0.2, -0.15) is 0 Å². The smallest absolute Gasteiger partial charge is 0.308 e. The second-order valence-corrected chi connectivity index (χ2v) is 6.50. The topological polar surface area (TPSA) is 85.3 Å². The molecule has 2 atom stereocenters. The first-order valence-electron chi connectivity index (χ1n) is 8.73. The van der Waals surface area contributed by atoms with Gasteiger partial charge >= 0.3 is 5.97 Å². The van der Waals surface area contributed by atoms with E-state index in [9.17, 15) is 14.7 Å². The Hall–Kier alpha value is -2.44. The number of aryl methyl sites for hydroxylation is 1. The van der Waals surface area contributed by atoms with Crippen LogP contribution in [0.1, 0.15) is 31.7 Å². The zero-order valence-electron chi connectivity index (χ0n) is 15.8. The van der Waals surface area contributed by atoms with Crippen LogP contribution in [0.2, 0.25) is 0 Å². The van der Waals surface area contributed by atoms with E-state index in [-0.39, 0.29) is 24.9 Å². The molecule has 1 fully saturated rings. The van der Waals surface area contributed by atoms with Gasteiger partial charge in [0.1, 0.15) is 0 Å². The van der Waals surface area contributed by atoms with E-state index in [0.717, 1.165) is 5.56 Å². The predicted octanol–water partition coefficient (Wildman–Crippen LogP) is 2.36. The van der Waals surface area contributed by atoms with E-state index >= 15 is 0 Å². The number of hydrogen-bond acceptors (Lipinski definition) is 5. The van der Waals surface area contributed by atoms with E-state index in [0.29, 0.717) is 36.5 Å². The molecule has 26 heavy (non-hydrogen) atoms. The van der Waals surface area contributed by atoms with Crippen molar-refractivity contribution in [1.29, 1.82) is 0 Å². The van der Waals surface area contributed by atoms with Gasteiger partial charge in [0.05, 0.1) is 27.2 Å². The minimum absolute atomic E-state index is 0.0414. The maximum atomic E-state index is 12.7. The molecule has 2 rings (SSSR count). The summed E-state index contributed by atoms with van der Waals surface area (Å²) in [6, 6.07) is 3.70. The molecule has 1 saturated heterocycles. The van der Waals surface area contributed by atoms with Gasteiger partial charge in [-0.05, 0) is 37.8 Å². The molecule has 144 valence electrons. The zero-order valence-corrected chi connectivity index (χ0v) is 15.8. The Bertz CT molecular complexity index is 660. The lowest BCUT2D eigenvalue weighted by Crippen LogP contribution is -2.47. The zero-order chi connectivity index (χ0) is 19.3. The first-order valence-corrected chi connectivity index (χ1v) is 8.73. The molecule has 0 bridgehead atoms. The van der Waals surface area contributed by atoms with E-state index in [1.165, 1.54) is 7.11 Å². The van der Waals surface area contributed by atoms with Gasteiger partial charge in [0.15, 0.2) is 11.5 Å². The molecule has 0 aliphatic carbocycles. The number of carboxylic acids is 1. The molecule has 1 aromatic carbocycles. The summed E-state index contributed by atoms with van der Waals surface area (Å²) in [5.74, 6) is 0.252. The van der Waals surface area contributed by atoms with Crippen molar-refractivity contribution in [2.24, 2.45) is 5.92 Å². The Balaban J connectivity index is 2.10. The van der Waals surface area contributed by atoms with Crippen molar-refractivity contribution in [2.45, 2.75) is 38.6 Å². The summed E-state index contributed by atoms with van der Waals surface area (Å²) >= 11 is 0. The highest BCUT2D eigenvalue weighted by Crippen LogP contribution is 2.40. The van der Waals surface area contributed by atoms with Gasteiger partial charge in [-0.3, -0.25) is 9.59 Å². The van der Waals surface area contributed by atoms with Crippen LogP contribution in [-0.4, -0.2) is 55.8 Å². The summed E-state index contributed by atoms with van der Waals surface area (Å²) in [5, 5.41) is 9.23. The fourth-order valence-electron chi connectivity index (χ4n) is 3.40. The lowest BCUT2D eigenvalue weighted by molar-refractivity contribution is -0.147. The normalized spacial score (nSPS) is 19.8. The standard InChI is InChI=1S/C19H27NO6/c1-12-5-6-14(19(22)23)11-20(12)16(21)10-8-13-7-9-15(24-2)18(26-4)17(13)25-3/h7,9,12,14H,5-6,8,10-11H2,1-4H3,(H,22,23). The van der Waals surface area contributed by atoms with Crippen molar-refractivity contribution in [3.63, 3.8) is 0 Å². The predicted molar refractivity (Wildman–Crippen MR) is 96.0 cm³/mol. The van der Waals surface area contributed by atoms with Gasteiger partial charge in [0.25, 0.3) is 0 Å². The largest absolute Gasteiger partial charge is 0.493 e. The summed E-state index contributed by atoms with van der Waals surface area (Å²) in [6.45, 7) is 2.24. The number of likely N-dealkylation sites (tertiary alicyclic amines) is 1. The number of carboxylic acid groups (broad SMARTS) is 1. The number of aliphatic carboxylic acids is 1. The van der Waals surface area contributed by atoms with E-state index < -0.39 is 11.9 Å². The number of ether oxygens (including phenoxy) is 3. The monoisotopic (exact) mass is 365 g/mol. The minimum Gasteiger partial charge on any atom is -0.493 e.